The molecule has 4 aromatic rings. The van der Waals surface area contributed by atoms with Crippen molar-refractivity contribution < 1.29 is 4.79 Å². The molecule has 0 saturated carbocycles. The molecule has 30 heavy (non-hydrogen) atoms. The largest absolute Gasteiger partial charge is 0.316 e. The molecule has 0 unspecified atom stereocenters. The molecule has 4 rings (SSSR count). The number of amides is 1. The Balaban J connectivity index is 1.87. The Morgan fingerprint density at radius 1 is 1.00 bits per heavy atom. The lowest BCUT2D eigenvalue weighted by molar-refractivity contribution is 0.0999. The van der Waals surface area contributed by atoms with Gasteiger partial charge in [0.25, 0.3) is 5.91 Å². The Hall–Kier alpha value is -2.69. The zero-order valence-electron chi connectivity index (χ0n) is 17.1. The number of carbonyl (C=O) groups excluding carboxylic acids is 1. The van der Waals surface area contributed by atoms with Crippen LogP contribution in [0.25, 0.3) is 22.0 Å². The van der Waals surface area contributed by atoms with Gasteiger partial charge in [0.15, 0.2) is 4.80 Å². The normalized spacial score (nSPS) is 11.9. The third-order valence-electron chi connectivity index (χ3n) is 5.11. The monoisotopic (exact) mass is 434 g/mol. The molecule has 1 heterocycles. The quantitative estimate of drug-likeness (QED) is 0.342. The van der Waals surface area contributed by atoms with Gasteiger partial charge in [-0.15, -0.1) is 11.3 Å². The molecule has 0 radical (unpaired) electrons. The summed E-state index contributed by atoms with van der Waals surface area (Å²) in [5, 5.41) is 2.69. The summed E-state index contributed by atoms with van der Waals surface area (Å²) in [7, 11) is 0. The van der Waals surface area contributed by atoms with Crippen LogP contribution in [0.5, 0.6) is 0 Å². The number of hydrogen-bond donors (Lipinski definition) is 0. The van der Waals surface area contributed by atoms with Gasteiger partial charge in [0.05, 0.1) is 5.69 Å². The maximum Gasteiger partial charge on any atom is 0.280 e. The van der Waals surface area contributed by atoms with Gasteiger partial charge >= 0.3 is 0 Å². The summed E-state index contributed by atoms with van der Waals surface area (Å²) in [6, 6.07) is 21.6. The molecule has 0 aliphatic carbocycles. The fourth-order valence-electron chi connectivity index (χ4n) is 3.72. The molecule has 152 valence electrons. The molecular formula is C25H23ClN2OS. The molecule has 0 atom stereocenters. The molecule has 0 bridgehead atoms. The SMILES string of the molecule is CCCc1sc(=NC(=O)c2cccc3ccccc23)n(CC)c1-c1ccc(Cl)cc1. The minimum atomic E-state index is -0.207. The van der Waals surface area contributed by atoms with Crippen LogP contribution in [0.2, 0.25) is 5.02 Å². The maximum atomic E-state index is 13.2. The number of rotatable bonds is 5. The fourth-order valence-corrected chi connectivity index (χ4v) is 5.15. The van der Waals surface area contributed by atoms with Crippen molar-refractivity contribution in [1.29, 1.82) is 0 Å². The number of aryl methyl sites for hydroxylation is 1. The predicted octanol–water partition coefficient (Wildman–Crippen LogP) is 6.74. The fraction of sp³-hybridized carbons (Fsp3) is 0.200. The van der Waals surface area contributed by atoms with E-state index < -0.39 is 0 Å². The van der Waals surface area contributed by atoms with E-state index in [-0.39, 0.29) is 5.91 Å². The van der Waals surface area contributed by atoms with Crippen molar-refractivity contribution in [1.82, 2.24) is 4.57 Å². The summed E-state index contributed by atoms with van der Waals surface area (Å²) in [5.41, 5.74) is 2.86. The van der Waals surface area contributed by atoms with Gasteiger partial charge in [0.2, 0.25) is 0 Å². The number of fused-ring (bicyclic) bond motifs is 1. The Labute approximate surface area is 185 Å². The van der Waals surface area contributed by atoms with Crippen LogP contribution in [0.1, 0.15) is 35.5 Å². The van der Waals surface area contributed by atoms with E-state index in [0.29, 0.717) is 10.6 Å². The molecule has 5 heteroatoms. The second-order valence-electron chi connectivity index (χ2n) is 7.10. The number of benzene rings is 3. The van der Waals surface area contributed by atoms with E-state index in [0.717, 1.165) is 46.2 Å². The minimum Gasteiger partial charge on any atom is -0.316 e. The van der Waals surface area contributed by atoms with Crippen molar-refractivity contribution in [2.75, 3.05) is 0 Å². The van der Waals surface area contributed by atoms with E-state index >= 15 is 0 Å². The van der Waals surface area contributed by atoms with Crippen molar-refractivity contribution in [2.24, 2.45) is 4.99 Å². The van der Waals surface area contributed by atoms with Gasteiger partial charge in [-0.05, 0) is 47.9 Å². The zero-order chi connectivity index (χ0) is 21.1. The summed E-state index contributed by atoms with van der Waals surface area (Å²) < 4.78 is 2.14. The molecule has 3 nitrogen and oxygen atoms in total. The first-order valence-corrected chi connectivity index (χ1v) is 11.4. The molecule has 0 N–H and O–H groups in total. The molecular weight excluding hydrogens is 412 g/mol. The van der Waals surface area contributed by atoms with Crippen LogP contribution in [0.4, 0.5) is 0 Å². The molecule has 0 spiro atoms. The number of nitrogens with zero attached hydrogens (tertiary/aromatic N) is 2. The summed E-state index contributed by atoms with van der Waals surface area (Å²) in [6.45, 7) is 4.99. The lowest BCUT2D eigenvalue weighted by Crippen LogP contribution is -2.17. The number of thiazole rings is 1. The topological polar surface area (TPSA) is 34.4 Å². The first-order valence-electron chi connectivity index (χ1n) is 10.2. The third-order valence-corrected chi connectivity index (χ3v) is 6.50. The second kappa shape index (κ2) is 8.99. The molecule has 0 aliphatic rings. The highest BCUT2D eigenvalue weighted by Gasteiger charge is 2.16. The molecule has 0 saturated heterocycles. The predicted molar refractivity (Wildman–Crippen MR) is 126 cm³/mol. The smallest absolute Gasteiger partial charge is 0.280 e. The van der Waals surface area contributed by atoms with E-state index in [2.05, 4.69) is 23.4 Å². The van der Waals surface area contributed by atoms with E-state index in [9.17, 15) is 4.79 Å². The first kappa shape index (κ1) is 20.6. The minimum absolute atomic E-state index is 0.207. The average molecular weight is 435 g/mol. The van der Waals surface area contributed by atoms with Crippen LogP contribution < -0.4 is 4.80 Å². The number of carbonyl (C=O) groups is 1. The van der Waals surface area contributed by atoms with Crippen molar-refractivity contribution >= 4 is 39.6 Å². The number of hydrogen-bond acceptors (Lipinski definition) is 2. The van der Waals surface area contributed by atoms with E-state index in [4.69, 9.17) is 11.6 Å². The zero-order valence-corrected chi connectivity index (χ0v) is 18.6. The van der Waals surface area contributed by atoms with Crippen LogP contribution in [-0.2, 0) is 13.0 Å². The van der Waals surface area contributed by atoms with Crippen LogP contribution in [0, 0.1) is 0 Å². The molecule has 3 aromatic carbocycles. The van der Waals surface area contributed by atoms with Crippen LogP contribution in [0.3, 0.4) is 0 Å². The molecule has 0 aliphatic heterocycles. The lowest BCUT2D eigenvalue weighted by Gasteiger charge is -2.09. The molecule has 1 aromatic heterocycles. The van der Waals surface area contributed by atoms with Gasteiger partial charge in [-0.3, -0.25) is 4.79 Å². The Morgan fingerprint density at radius 3 is 2.47 bits per heavy atom. The number of halogens is 1. The van der Waals surface area contributed by atoms with Crippen LogP contribution in [-0.4, -0.2) is 10.5 Å². The van der Waals surface area contributed by atoms with E-state index in [1.54, 1.807) is 11.3 Å². The highest BCUT2D eigenvalue weighted by Crippen LogP contribution is 2.28. The van der Waals surface area contributed by atoms with Crippen molar-refractivity contribution in [3.05, 3.63) is 87.0 Å². The third kappa shape index (κ3) is 3.98. The van der Waals surface area contributed by atoms with E-state index in [1.165, 1.54) is 4.88 Å². The molecule has 0 fully saturated rings. The van der Waals surface area contributed by atoms with Crippen molar-refractivity contribution in [2.45, 2.75) is 33.2 Å². The van der Waals surface area contributed by atoms with Gasteiger partial charge in [0, 0.05) is 22.0 Å². The van der Waals surface area contributed by atoms with Gasteiger partial charge in [-0.1, -0.05) is 73.5 Å². The van der Waals surface area contributed by atoms with Crippen LogP contribution >= 0.6 is 22.9 Å². The molecule has 1 amide bonds. The van der Waals surface area contributed by atoms with Crippen molar-refractivity contribution in [3.8, 4) is 11.3 Å². The second-order valence-corrected chi connectivity index (χ2v) is 8.60. The van der Waals surface area contributed by atoms with Gasteiger partial charge < -0.3 is 4.57 Å². The summed E-state index contributed by atoms with van der Waals surface area (Å²) in [5.74, 6) is -0.207. The summed E-state index contributed by atoms with van der Waals surface area (Å²) >= 11 is 7.70. The highest BCUT2D eigenvalue weighted by molar-refractivity contribution is 7.09. The summed E-state index contributed by atoms with van der Waals surface area (Å²) in [6.07, 6.45) is 1.97. The van der Waals surface area contributed by atoms with Gasteiger partial charge in [-0.2, -0.15) is 4.99 Å². The highest BCUT2D eigenvalue weighted by atomic mass is 35.5. The Morgan fingerprint density at radius 2 is 1.73 bits per heavy atom. The van der Waals surface area contributed by atoms with Crippen LogP contribution in [0.15, 0.2) is 71.7 Å². The Bertz CT molecular complexity index is 1260. The standard InChI is InChI=1S/C25H23ClN2OS/c1-3-8-22-23(18-13-15-19(26)16-14-18)28(4-2)25(30-22)27-24(29)21-12-7-10-17-9-5-6-11-20(17)21/h5-7,9-16H,3-4,8H2,1-2H3. The van der Waals surface area contributed by atoms with Crippen molar-refractivity contribution in [3.63, 3.8) is 0 Å². The van der Waals surface area contributed by atoms with E-state index in [1.807, 2.05) is 66.7 Å². The number of aromatic nitrogens is 1. The lowest BCUT2D eigenvalue weighted by atomic mass is 10.0. The van der Waals surface area contributed by atoms with Gasteiger partial charge in [0.1, 0.15) is 0 Å². The van der Waals surface area contributed by atoms with Gasteiger partial charge in [-0.25, -0.2) is 0 Å². The Kier molecular flexibility index (Phi) is 6.16. The summed E-state index contributed by atoms with van der Waals surface area (Å²) in [4.78, 5) is 19.7. The maximum absolute atomic E-state index is 13.2. The first-order chi connectivity index (χ1) is 14.6. The average Bonchev–Trinajstić information content (AvgIpc) is 3.10.